The van der Waals surface area contributed by atoms with Crippen LogP contribution in [0.2, 0.25) is 0 Å². The molecule has 0 saturated heterocycles. The molecule has 1 aliphatic carbocycles. The standard InChI is InChI=1S/C14H23N3O2S2/c1-2-21(18,19)13-9-8-12(20-13)10-16-14(15)17-11-6-4-3-5-7-11/h8-9,11H,2-7,10H2,1H3,(H3,15,16,17). The van der Waals surface area contributed by atoms with Crippen LogP contribution in [0.3, 0.4) is 0 Å². The first-order chi connectivity index (χ1) is 10.0. The summed E-state index contributed by atoms with van der Waals surface area (Å²) < 4.78 is 23.9. The summed E-state index contributed by atoms with van der Waals surface area (Å²) >= 11 is 1.27. The average molecular weight is 329 g/mol. The van der Waals surface area contributed by atoms with E-state index in [9.17, 15) is 8.42 Å². The highest BCUT2D eigenvalue weighted by atomic mass is 32.2. The minimum atomic E-state index is -3.12. The Morgan fingerprint density at radius 1 is 1.38 bits per heavy atom. The van der Waals surface area contributed by atoms with Crippen LogP contribution in [-0.2, 0) is 16.4 Å². The van der Waals surface area contributed by atoms with Crippen molar-refractivity contribution in [2.75, 3.05) is 5.75 Å². The van der Waals surface area contributed by atoms with Crippen molar-refractivity contribution < 1.29 is 8.42 Å². The van der Waals surface area contributed by atoms with E-state index in [4.69, 9.17) is 5.73 Å². The molecule has 1 aliphatic rings. The molecule has 118 valence electrons. The van der Waals surface area contributed by atoms with Gasteiger partial charge in [0.15, 0.2) is 15.8 Å². The minimum absolute atomic E-state index is 0.127. The Morgan fingerprint density at radius 3 is 2.76 bits per heavy atom. The minimum Gasteiger partial charge on any atom is -0.370 e. The lowest BCUT2D eigenvalue weighted by molar-refractivity contribution is 0.412. The summed E-state index contributed by atoms with van der Waals surface area (Å²) in [5.74, 6) is 0.580. The van der Waals surface area contributed by atoms with Gasteiger partial charge in [0.25, 0.3) is 0 Å². The Kier molecular flexibility index (Phi) is 5.64. The smallest absolute Gasteiger partial charge is 0.189 e. The number of nitrogens with one attached hydrogen (secondary N) is 1. The van der Waals surface area contributed by atoms with E-state index in [2.05, 4.69) is 10.3 Å². The maximum atomic E-state index is 11.8. The van der Waals surface area contributed by atoms with Gasteiger partial charge in [-0.3, -0.25) is 0 Å². The molecular weight excluding hydrogens is 306 g/mol. The fraction of sp³-hybridized carbons (Fsp3) is 0.643. The van der Waals surface area contributed by atoms with Crippen molar-refractivity contribution in [1.82, 2.24) is 5.32 Å². The van der Waals surface area contributed by atoms with Gasteiger partial charge in [-0.05, 0) is 25.0 Å². The van der Waals surface area contributed by atoms with E-state index in [0.29, 0.717) is 22.8 Å². The third-order valence-corrected chi connectivity index (χ3v) is 7.07. The van der Waals surface area contributed by atoms with Crippen LogP contribution in [0.4, 0.5) is 0 Å². The molecule has 0 aliphatic heterocycles. The molecular formula is C14H23N3O2S2. The van der Waals surface area contributed by atoms with Crippen LogP contribution in [0.15, 0.2) is 21.3 Å². The van der Waals surface area contributed by atoms with E-state index in [0.717, 1.165) is 17.7 Å². The summed E-state index contributed by atoms with van der Waals surface area (Å²) in [7, 11) is -3.12. The summed E-state index contributed by atoms with van der Waals surface area (Å²) in [6.45, 7) is 2.08. The molecule has 1 saturated carbocycles. The second-order valence-electron chi connectivity index (χ2n) is 5.30. The van der Waals surface area contributed by atoms with Gasteiger partial charge >= 0.3 is 0 Å². The van der Waals surface area contributed by atoms with Gasteiger partial charge in [-0.15, -0.1) is 11.3 Å². The lowest BCUT2D eigenvalue weighted by Crippen LogP contribution is -2.41. The molecule has 0 spiro atoms. The molecule has 21 heavy (non-hydrogen) atoms. The first-order valence-electron chi connectivity index (χ1n) is 7.39. The highest BCUT2D eigenvalue weighted by Gasteiger charge is 2.15. The first kappa shape index (κ1) is 16.3. The molecule has 0 bridgehead atoms. The number of hydrogen-bond acceptors (Lipinski definition) is 4. The third-order valence-electron chi connectivity index (χ3n) is 3.69. The quantitative estimate of drug-likeness (QED) is 0.641. The Labute approximate surface area is 130 Å². The monoisotopic (exact) mass is 329 g/mol. The van der Waals surface area contributed by atoms with Gasteiger partial charge in [-0.2, -0.15) is 0 Å². The molecule has 0 amide bonds. The molecule has 0 atom stereocenters. The number of aliphatic imine (C=N–C) groups is 1. The Morgan fingerprint density at radius 2 is 2.10 bits per heavy atom. The first-order valence-corrected chi connectivity index (χ1v) is 9.86. The molecule has 1 heterocycles. The molecule has 1 aromatic heterocycles. The van der Waals surface area contributed by atoms with Crippen LogP contribution in [0.1, 0.15) is 43.9 Å². The van der Waals surface area contributed by atoms with Crippen molar-refractivity contribution in [2.24, 2.45) is 10.7 Å². The van der Waals surface area contributed by atoms with E-state index in [1.54, 1.807) is 13.0 Å². The predicted octanol–water partition coefficient (Wildman–Crippen LogP) is 2.28. The lowest BCUT2D eigenvalue weighted by atomic mass is 9.96. The van der Waals surface area contributed by atoms with Gasteiger partial charge in [0.1, 0.15) is 4.21 Å². The molecule has 5 nitrogen and oxygen atoms in total. The molecule has 1 aromatic rings. The summed E-state index contributed by atoms with van der Waals surface area (Å²) in [5, 5.41) is 3.25. The number of rotatable bonds is 5. The zero-order valence-electron chi connectivity index (χ0n) is 12.3. The van der Waals surface area contributed by atoms with Crippen molar-refractivity contribution in [3.05, 3.63) is 17.0 Å². The molecule has 0 radical (unpaired) electrons. The van der Waals surface area contributed by atoms with Gasteiger partial charge in [0, 0.05) is 10.9 Å². The number of nitrogens with zero attached hydrogens (tertiary/aromatic N) is 1. The summed E-state index contributed by atoms with van der Waals surface area (Å²) in [6.07, 6.45) is 6.09. The topological polar surface area (TPSA) is 84.5 Å². The zero-order chi connectivity index (χ0) is 15.3. The van der Waals surface area contributed by atoms with Crippen LogP contribution in [0.25, 0.3) is 0 Å². The van der Waals surface area contributed by atoms with Crippen molar-refractivity contribution in [1.29, 1.82) is 0 Å². The van der Waals surface area contributed by atoms with Gasteiger partial charge in [0.05, 0.1) is 12.3 Å². The normalized spacial score (nSPS) is 17.9. The molecule has 3 N–H and O–H groups in total. The second kappa shape index (κ2) is 7.26. The largest absolute Gasteiger partial charge is 0.370 e. The van der Waals surface area contributed by atoms with Crippen LogP contribution in [0.5, 0.6) is 0 Å². The zero-order valence-corrected chi connectivity index (χ0v) is 14.0. The van der Waals surface area contributed by atoms with Crippen molar-refractivity contribution in [2.45, 2.75) is 55.8 Å². The number of hydrogen-bond donors (Lipinski definition) is 2. The number of sulfone groups is 1. The Balaban J connectivity index is 1.91. The van der Waals surface area contributed by atoms with Gasteiger partial charge in [-0.25, -0.2) is 13.4 Å². The van der Waals surface area contributed by atoms with Crippen LogP contribution >= 0.6 is 11.3 Å². The number of thiophene rings is 1. The van der Waals surface area contributed by atoms with E-state index in [1.807, 2.05) is 6.07 Å². The van der Waals surface area contributed by atoms with E-state index in [-0.39, 0.29) is 5.75 Å². The van der Waals surface area contributed by atoms with Gasteiger partial charge in [-0.1, -0.05) is 26.2 Å². The van der Waals surface area contributed by atoms with Crippen LogP contribution in [0, 0.1) is 0 Å². The second-order valence-corrected chi connectivity index (χ2v) is 8.98. The Bertz CT molecular complexity index is 587. The maximum Gasteiger partial charge on any atom is 0.189 e. The number of guanidine groups is 1. The molecule has 7 heteroatoms. The fourth-order valence-electron chi connectivity index (χ4n) is 2.42. The van der Waals surface area contributed by atoms with Crippen LogP contribution in [-0.4, -0.2) is 26.2 Å². The molecule has 0 aromatic carbocycles. The van der Waals surface area contributed by atoms with Crippen molar-refractivity contribution >= 4 is 27.1 Å². The lowest BCUT2D eigenvalue weighted by Gasteiger charge is -2.23. The Hall–Kier alpha value is -1.08. The number of nitrogens with two attached hydrogens (primary N) is 1. The van der Waals surface area contributed by atoms with E-state index in [1.165, 1.54) is 30.6 Å². The average Bonchev–Trinajstić information content (AvgIpc) is 2.96. The van der Waals surface area contributed by atoms with E-state index < -0.39 is 9.84 Å². The fourth-order valence-corrected chi connectivity index (χ4v) is 4.82. The van der Waals surface area contributed by atoms with Gasteiger partial charge < -0.3 is 11.1 Å². The maximum absolute atomic E-state index is 11.8. The molecule has 0 unspecified atom stereocenters. The third kappa shape index (κ3) is 4.71. The summed E-state index contributed by atoms with van der Waals surface area (Å²) in [6, 6.07) is 3.89. The molecule has 1 fully saturated rings. The highest BCUT2D eigenvalue weighted by molar-refractivity contribution is 7.93. The summed E-state index contributed by atoms with van der Waals surface area (Å²) in [5.41, 5.74) is 5.90. The highest BCUT2D eigenvalue weighted by Crippen LogP contribution is 2.23. The van der Waals surface area contributed by atoms with Crippen molar-refractivity contribution in [3.8, 4) is 0 Å². The van der Waals surface area contributed by atoms with Gasteiger partial charge in [0.2, 0.25) is 0 Å². The van der Waals surface area contributed by atoms with Crippen molar-refractivity contribution in [3.63, 3.8) is 0 Å². The summed E-state index contributed by atoms with van der Waals surface area (Å²) in [4.78, 5) is 5.22. The predicted molar refractivity (Wildman–Crippen MR) is 87.4 cm³/mol. The molecule has 2 rings (SSSR count). The van der Waals surface area contributed by atoms with Crippen LogP contribution < -0.4 is 11.1 Å². The van der Waals surface area contributed by atoms with E-state index >= 15 is 0 Å². The SMILES string of the molecule is CCS(=O)(=O)c1ccc(CN=C(N)NC2CCCCC2)s1.